The zero-order valence-electron chi connectivity index (χ0n) is 19.7. The van der Waals surface area contributed by atoms with E-state index in [-0.39, 0.29) is 5.91 Å². The SMILES string of the molecule is Cc1ccc(-c2ccc(C#N)c(SC(C)C(=O)N3c4ccccc4CCc4ccccc43)n2)cc1. The minimum Gasteiger partial charge on any atom is -0.280 e. The molecule has 0 saturated heterocycles. The van der Waals surface area contributed by atoms with Gasteiger partial charge in [0.05, 0.1) is 27.9 Å². The lowest BCUT2D eigenvalue weighted by molar-refractivity contribution is -0.117. The minimum atomic E-state index is -0.443. The van der Waals surface area contributed by atoms with Crippen LogP contribution in [0.1, 0.15) is 29.2 Å². The van der Waals surface area contributed by atoms with Crippen LogP contribution in [-0.2, 0) is 17.6 Å². The summed E-state index contributed by atoms with van der Waals surface area (Å²) in [5, 5.41) is 9.84. The van der Waals surface area contributed by atoms with Crippen LogP contribution in [0, 0.1) is 18.3 Å². The van der Waals surface area contributed by atoms with Crippen molar-refractivity contribution >= 4 is 29.0 Å². The Kier molecular flexibility index (Phi) is 6.39. The number of para-hydroxylation sites is 2. The molecule has 35 heavy (non-hydrogen) atoms. The van der Waals surface area contributed by atoms with Crippen LogP contribution in [0.5, 0.6) is 0 Å². The van der Waals surface area contributed by atoms with Crippen molar-refractivity contribution in [1.82, 2.24) is 4.98 Å². The Morgan fingerprint density at radius 3 is 2.11 bits per heavy atom. The standard InChI is InChI=1S/C30H25N3OS/c1-20-11-13-22(14-12-20)26-18-17-25(19-31)29(32-26)35-21(2)30(34)33-27-9-5-3-7-23(27)15-16-24-8-4-6-10-28(24)33/h3-14,17-18,21H,15-16H2,1-2H3. The van der Waals surface area contributed by atoms with Gasteiger partial charge in [-0.2, -0.15) is 5.26 Å². The first-order valence-electron chi connectivity index (χ1n) is 11.7. The van der Waals surface area contributed by atoms with Crippen molar-refractivity contribution in [2.75, 3.05) is 4.90 Å². The van der Waals surface area contributed by atoms with Crippen LogP contribution < -0.4 is 4.90 Å². The maximum Gasteiger partial charge on any atom is 0.244 e. The van der Waals surface area contributed by atoms with Gasteiger partial charge < -0.3 is 0 Å². The number of hydrogen-bond acceptors (Lipinski definition) is 4. The van der Waals surface area contributed by atoms with E-state index < -0.39 is 5.25 Å². The summed E-state index contributed by atoms with van der Waals surface area (Å²) < 4.78 is 0. The Morgan fingerprint density at radius 2 is 1.51 bits per heavy atom. The average Bonchev–Trinajstić information content (AvgIpc) is 3.05. The number of aryl methyl sites for hydroxylation is 3. The van der Waals surface area contributed by atoms with E-state index in [1.165, 1.54) is 17.3 Å². The van der Waals surface area contributed by atoms with Gasteiger partial charge in [-0.25, -0.2) is 4.98 Å². The van der Waals surface area contributed by atoms with Gasteiger partial charge in [0.1, 0.15) is 11.1 Å². The van der Waals surface area contributed by atoms with Crippen LogP contribution in [-0.4, -0.2) is 16.1 Å². The normalized spacial score (nSPS) is 13.2. The summed E-state index contributed by atoms with van der Waals surface area (Å²) in [7, 11) is 0. The molecule has 1 aromatic heterocycles. The summed E-state index contributed by atoms with van der Waals surface area (Å²) in [5.41, 5.74) is 7.59. The predicted molar refractivity (Wildman–Crippen MR) is 142 cm³/mol. The molecule has 2 heterocycles. The van der Waals surface area contributed by atoms with Crippen molar-refractivity contribution in [3.63, 3.8) is 0 Å². The second-order valence-electron chi connectivity index (χ2n) is 8.72. The zero-order valence-corrected chi connectivity index (χ0v) is 20.5. The zero-order chi connectivity index (χ0) is 24.4. The number of amides is 1. The molecule has 5 heteroatoms. The van der Waals surface area contributed by atoms with Crippen LogP contribution in [0.2, 0.25) is 0 Å². The van der Waals surface area contributed by atoms with Crippen LogP contribution in [0.15, 0.2) is 90.0 Å². The van der Waals surface area contributed by atoms with Gasteiger partial charge in [0, 0.05) is 5.56 Å². The highest BCUT2D eigenvalue weighted by atomic mass is 32.2. The van der Waals surface area contributed by atoms with Crippen molar-refractivity contribution in [2.24, 2.45) is 0 Å². The number of hydrogen-bond donors (Lipinski definition) is 0. The summed E-state index contributed by atoms with van der Waals surface area (Å²) in [4.78, 5) is 20.6. The van der Waals surface area contributed by atoms with Crippen LogP contribution in [0.25, 0.3) is 11.3 Å². The smallest absolute Gasteiger partial charge is 0.244 e. The van der Waals surface area contributed by atoms with Gasteiger partial charge in [0.15, 0.2) is 0 Å². The molecule has 0 aliphatic carbocycles. The first kappa shape index (κ1) is 22.9. The van der Waals surface area contributed by atoms with Gasteiger partial charge in [-0.1, -0.05) is 78.0 Å². The molecule has 0 fully saturated rings. The van der Waals surface area contributed by atoms with Crippen LogP contribution >= 0.6 is 11.8 Å². The van der Waals surface area contributed by atoms with E-state index in [0.29, 0.717) is 10.6 Å². The number of nitrogens with zero attached hydrogens (tertiary/aromatic N) is 3. The molecule has 0 N–H and O–H groups in total. The molecule has 172 valence electrons. The third-order valence-electron chi connectivity index (χ3n) is 6.31. The van der Waals surface area contributed by atoms with E-state index in [0.717, 1.165) is 46.6 Å². The van der Waals surface area contributed by atoms with E-state index >= 15 is 0 Å². The highest BCUT2D eigenvalue weighted by Gasteiger charge is 2.30. The topological polar surface area (TPSA) is 57.0 Å². The Balaban J connectivity index is 1.50. The van der Waals surface area contributed by atoms with E-state index in [2.05, 4.69) is 18.2 Å². The number of rotatable bonds is 4. The first-order valence-corrected chi connectivity index (χ1v) is 12.6. The first-order chi connectivity index (χ1) is 17.0. The maximum atomic E-state index is 14.0. The van der Waals surface area contributed by atoms with Gasteiger partial charge >= 0.3 is 0 Å². The predicted octanol–water partition coefficient (Wildman–Crippen LogP) is 6.87. The summed E-state index contributed by atoms with van der Waals surface area (Å²) in [6.45, 7) is 3.94. The molecular formula is C30H25N3OS. The molecule has 0 bridgehead atoms. The summed E-state index contributed by atoms with van der Waals surface area (Å²) in [5.74, 6) is -0.0248. The van der Waals surface area contributed by atoms with Gasteiger partial charge in [0.25, 0.3) is 0 Å². The number of thioether (sulfide) groups is 1. The molecular weight excluding hydrogens is 450 g/mol. The highest BCUT2D eigenvalue weighted by Crippen LogP contribution is 2.38. The number of pyridine rings is 1. The van der Waals surface area contributed by atoms with Crippen molar-refractivity contribution in [1.29, 1.82) is 5.26 Å². The molecule has 0 spiro atoms. The Hall–Kier alpha value is -3.88. The summed E-state index contributed by atoms with van der Waals surface area (Å²) >= 11 is 1.34. The fraction of sp³-hybridized carbons (Fsp3) is 0.167. The number of carbonyl (C=O) groups is 1. The number of aromatic nitrogens is 1. The molecule has 3 aromatic carbocycles. The van der Waals surface area contributed by atoms with E-state index in [9.17, 15) is 10.1 Å². The Bertz CT molecular complexity index is 1390. The lowest BCUT2D eigenvalue weighted by Gasteiger charge is -2.27. The lowest BCUT2D eigenvalue weighted by atomic mass is 10.0. The molecule has 4 nitrogen and oxygen atoms in total. The molecule has 0 saturated carbocycles. The molecule has 1 atom stereocenters. The summed E-state index contributed by atoms with van der Waals surface area (Å²) in [6, 6.07) is 30.3. The molecule has 5 rings (SSSR count). The van der Waals surface area contributed by atoms with E-state index in [1.54, 1.807) is 6.07 Å². The number of fused-ring (bicyclic) bond motifs is 2. The molecule has 4 aromatic rings. The van der Waals surface area contributed by atoms with Crippen molar-refractivity contribution < 1.29 is 4.79 Å². The lowest BCUT2D eigenvalue weighted by Crippen LogP contribution is -2.33. The molecule has 1 aliphatic rings. The molecule has 1 aliphatic heterocycles. The number of benzene rings is 3. The third-order valence-corrected chi connectivity index (χ3v) is 7.40. The Labute approximate surface area is 210 Å². The largest absolute Gasteiger partial charge is 0.280 e. The quantitative estimate of drug-likeness (QED) is 0.302. The molecule has 0 radical (unpaired) electrons. The van der Waals surface area contributed by atoms with Crippen LogP contribution in [0.4, 0.5) is 11.4 Å². The van der Waals surface area contributed by atoms with Gasteiger partial charge in [-0.15, -0.1) is 0 Å². The van der Waals surface area contributed by atoms with E-state index in [1.807, 2.05) is 85.5 Å². The van der Waals surface area contributed by atoms with E-state index in [4.69, 9.17) is 4.98 Å². The summed E-state index contributed by atoms with van der Waals surface area (Å²) in [6.07, 6.45) is 1.77. The molecule has 1 amide bonds. The number of nitriles is 1. The van der Waals surface area contributed by atoms with Gasteiger partial charge in [-0.3, -0.25) is 9.69 Å². The second-order valence-corrected chi connectivity index (χ2v) is 10.0. The fourth-order valence-corrected chi connectivity index (χ4v) is 5.35. The monoisotopic (exact) mass is 475 g/mol. The van der Waals surface area contributed by atoms with Gasteiger partial charge in [0.2, 0.25) is 5.91 Å². The third kappa shape index (κ3) is 4.58. The average molecular weight is 476 g/mol. The molecule has 1 unspecified atom stereocenters. The van der Waals surface area contributed by atoms with Gasteiger partial charge in [-0.05, 0) is 62.1 Å². The van der Waals surface area contributed by atoms with Crippen LogP contribution in [0.3, 0.4) is 0 Å². The fourth-order valence-electron chi connectivity index (χ4n) is 4.42. The van der Waals surface area contributed by atoms with Crippen molar-refractivity contribution in [3.8, 4) is 17.3 Å². The number of anilines is 2. The minimum absolute atomic E-state index is 0.0248. The maximum absolute atomic E-state index is 14.0. The number of carbonyl (C=O) groups excluding carboxylic acids is 1. The van der Waals surface area contributed by atoms with Crippen molar-refractivity contribution in [2.45, 2.75) is 37.0 Å². The van der Waals surface area contributed by atoms with Crippen molar-refractivity contribution in [3.05, 3.63) is 107 Å². The Morgan fingerprint density at radius 1 is 0.914 bits per heavy atom. The second kappa shape index (κ2) is 9.77. The highest BCUT2D eigenvalue weighted by molar-refractivity contribution is 8.00.